The fourth-order valence-corrected chi connectivity index (χ4v) is 7.90. The molecule has 2 aliphatic carbocycles. The van der Waals surface area contributed by atoms with Gasteiger partial charge >= 0.3 is 0 Å². The lowest BCUT2D eigenvalue weighted by Crippen LogP contribution is -2.53. The van der Waals surface area contributed by atoms with Crippen LogP contribution in [0.1, 0.15) is 35.4 Å². The van der Waals surface area contributed by atoms with Crippen LogP contribution in [0.4, 0.5) is 5.69 Å². The molecule has 3 N–H and O–H groups in total. The minimum absolute atomic E-state index is 0.0841. The molecule has 43 heavy (non-hydrogen) atoms. The van der Waals surface area contributed by atoms with Crippen molar-refractivity contribution in [3.63, 3.8) is 0 Å². The Hall–Kier alpha value is -4.92. The number of rotatable bonds is 5. The van der Waals surface area contributed by atoms with Crippen LogP contribution in [0.25, 0.3) is 0 Å². The number of hydrogen-bond acceptors (Lipinski definition) is 7. The Balaban J connectivity index is 1.47. The van der Waals surface area contributed by atoms with Crippen LogP contribution in [0.3, 0.4) is 0 Å². The van der Waals surface area contributed by atoms with Crippen molar-refractivity contribution in [1.82, 2.24) is 10.3 Å². The summed E-state index contributed by atoms with van der Waals surface area (Å²) in [5, 5.41) is 15.0. The summed E-state index contributed by atoms with van der Waals surface area (Å²) >= 11 is 0. The van der Waals surface area contributed by atoms with Crippen molar-refractivity contribution in [2.45, 2.75) is 31.1 Å². The normalized spacial score (nSPS) is 29.4. The van der Waals surface area contributed by atoms with E-state index in [0.717, 1.165) is 16.1 Å². The van der Waals surface area contributed by atoms with Gasteiger partial charge in [-0.15, -0.1) is 0 Å². The van der Waals surface area contributed by atoms with Crippen molar-refractivity contribution in [2.24, 2.45) is 23.7 Å². The summed E-state index contributed by atoms with van der Waals surface area (Å²) in [6.45, 7) is 1.95. The molecule has 2 heterocycles. The fraction of sp³-hybridized carbons (Fsp3) is 0.294. The van der Waals surface area contributed by atoms with E-state index >= 15 is 0 Å². The maximum absolute atomic E-state index is 15.0. The number of anilines is 1. The van der Waals surface area contributed by atoms with E-state index in [2.05, 4.69) is 10.7 Å². The summed E-state index contributed by atoms with van der Waals surface area (Å²) in [6.07, 6.45) is 2.48. The van der Waals surface area contributed by atoms with E-state index < -0.39 is 46.8 Å². The first kappa shape index (κ1) is 26.9. The maximum Gasteiger partial charge on any atom is 0.260 e. The highest BCUT2D eigenvalue weighted by atomic mass is 16.5. The number of carbonyl (C=O) groups excluding carboxylic acids is 4. The highest BCUT2D eigenvalue weighted by Gasteiger charge is 2.70. The monoisotopic (exact) mass is 577 g/mol. The van der Waals surface area contributed by atoms with E-state index in [1.165, 1.54) is 13.2 Å². The number of ether oxygens (including phenoxy) is 1. The summed E-state index contributed by atoms with van der Waals surface area (Å²) in [6, 6.07) is 21.5. The average molecular weight is 578 g/mol. The van der Waals surface area contributed by atoms with E-state index in [1.54, 1.807) is 24.3 Å². The summed E-state index contributed by atoms with van der Waals surface area (Å²) in [7, 11) is 1.50. The number of nitrogens with one attached hydrogen (secondary N) is 2. The number of aryl methyl sites for hydroxylation is 1. The van der Waals surface area contributed by atoms with Gasteiger partial charge in [0.15, 0.2) is 0 Å². The first-order valence-electron chi connectivity index (χ1n) is 14.4. The summed E-state index contributed by atoms with van der Waals surface area (Å²) < 4.78 is 5.35. The molecule has 6 atom stereocenters. The highest BCUT2D eigenvalue weighted by molar-refractivity contribution is 6.13. The number of hydrogen-bond donors (Lipinski definition) is 3. The molecule has 1 saturated carbocycles. The van der Waals surface area contributed by atoms with E-state index in [-0.39, 0.29) is 24.0 Å². The minimum Gasteiger partial charge on any atom is -0.508 e. The lowest BCUT2D eigenvalue weighted by Gasteiger charge is -2.50. The average Bonchev–Trinajstić information content (AvgIpc) is 3.42. The second kappa shape index (κ2) is 9.83. The number of methoxy groups -OCH3 is 1. The topological polar surface area (TPSA) is 125 Å². The van der Waals surface area contributed by atoms with Crippen LogP contribution in [0.2, 0.25) is 0 Å². The van der Waals surface area contributed by atoms with Gasteiger partial charge in [-0.1, -0.05) is 65.7 Å². The molecule has 3 fully saturated rings. The van der Waals surface area contributed by atoms with Crippen LogP contribution >= 0.6 is 0 Å². The summed E-state index contributed by atoms with van der Waals surface area (Å²) in [4.78, 5) is 55.3. The first-order valence-corrected chi connectivity index (χ1v) is 14.4. The third-order valence-corrected chi connectivity index (χ3v) is 9.78. The Labute approximate surface area is 248 Å². The van der Waals surface area contributed by atoms with Crippen molar-refractivity contribution in [1.29, 1.82) is 0 Å². The Kier molecular flexibility index (Phi) is 6.16. The number of nitrogens with zero attached hydrogens (tertiary/aromatic N) is 1. The molecule has 9 heteroatoms. The molecule has 3 aromatic rings. The number of amides is 4. The van der Waals surface area contributed by atoms with Crippen LogP contribution in [0.15, 0.2) is 84.4 Å². The molecule has 2 saturated heterocycles. The van der Waals surface area contributed by atoms with Gasteiger partial charge in [0.1, 0.15) is 11.5 Å². The number of aromatic hydroxyl groups is 1. The van der Waals surface area contributed by atoms with Gasteiger partial charge in [-0.2, -0.15) is 5.01 Å². The molecule has 0 aromatic heterocycles. The highest BCUT2D eigenvalue weighted by Crippen LogP contribution is 2.64. The van der Waals surface area contributed by atoms with Crippen molar-refractivity contribution < 1.29 is 29.0 Å². The molecule has 3 aromatic carbocycles. The predicted octanol–water partition coefficient (Wildman–Crippen LogP) is 3.98. The van der Waals surface area contributed by atoms with Crippen LogP contribution in [0, 0.1) is 30.6 Å². The smallest absolute Gasteiger partial charge is 0.260 e. The van der Waals surface area contributed by atoms with Crippen molar-refractivity contribution >= 4 is 29.3 Å². The number of benzene rings is 3. The third-order valence-electron chi connectivity index (χ3n) is 9.78. The van der Waals surface area contributed by atoms with Crippen molar-refractivity contribution in [2.75, 3.05) is 12.5 Å². The standard InChI is InChI=1S/C34H31N3O6/c1-18-8-10-20(11-9-18)36-37-32(41)26-17-25-22(14-15-24-28(25)31(40)35-30(24)39)29(23-13-12-21(43-2)16-27(23)38)34(26,33(37)42)19-6-4-3-5-7-19/h3-14,16,24-26,28-29,36,38H,15,17H2,1-2H3,(H,35,39,40)/t24-,25+,26-,28-,29+,34+/m0/s1. The number of imide groups is 2. The van der Waals surface area contributed by atoms with E-state index in [9.17, 15) is 24.3 Å². The Morgan fingerprint density at radius 2 is 1.70 bits per heavy atom. The van der Waals surface area contributed by atoms with Crippen LogP contribution in [0.5, 0.6) is 11.5 Å². The first-order chi connectivity index (χ1) is 20.7. The Morgan fingerprint density at radius 3 is 2.40 bits per heavy atom. The largest absolute Gasteiger partial charge is 0.508 e. The molecule has 7 rings (SSSR count). The molecular formula is C34H31N3O6. The van der Waals surface area contributed by atoms with Gasteiger partial charge in [-0.05, 0) is 49.4 Å². The van der Waals surface area contributed by atoms with Gasteiger partial charge in [-0.25, -0.2) is 0 Å². The number of hydrazine groups is 1. The molecule has 4 aliphatic rings. The number of allylic oxidation sites excluding steroid dienone is 2. The molecule has 0 unspecified atom stereocenters. The molecule has 4 amide bonds. The quantitative estimate of drug-likeness (QED) is 0.310. The predicted molar refractivity (Wildman–Crippen MR) is 157 cm³/mol. The summed E-state index contributed by atoms with van der Waals surface area (Å²) in [5.74, 6) is -4.53. The van der Waals surface area contributed by atoms with E-state index in [4.69, 9.17) is 4.74 Å². The van der Waals surface area contributed by atoms with Gasteiger partial charge < -0.3 is 9.84 Å². The SMILES string of the molecule is COc1ccc([C@H]2C3=CC[C@@H]4C(=O)NC(=O)[C@@H]4[C@@H]3C[C@H]3C(=O)N(Nc4ccc(C)cc4)C(=O)[C@@]23c2ccccc2)c(O)c1. The zero-order chi connectivity index (χ0) is 30.0. The number of phenols is 1. The lowest BCUT2D eigenvalue weighted by atomic mass is 9.49. The Bertz CT molecular complexity index is 1700. The number of phenolic OH excluding ortho intramolecular Hbond substituents is 1. The molecular weight excluding hydrogens is 546 g/mol. The zero-order valence-corrected chi connectivity index (χ0v) is 23.7. The second-order valence-electron chi connectivity index (χ2n) is 11.9. The van der Waals surface area contributed by atoms with Gasteiger partial charge in [0.25, 0.3) is 11.8 Å². The molecule has 0 bridgehead atoms. The molecule has 218 valence electrons. The molecule has 2 aliphatic heterocycles. The number of carbonyl (C=O) groups is 4. The van der Waals surface area contributed by atoms with E-state index in [1.807, 2.05) is 55.5 Å². The second-order valence-corrected chi connectivity index (χ2v) is 11.9. The van der Waals surface area contributed by atoms with Crippen LogP contribution in [-0.2, 0) is 24.6 Å². The van der Waals surface area contributed by atoms with Crippen LogP contribution < -0.4 is 15.5 Å². The van der Waals surface area contributed by atoms with E-state index in [0.29, 0.717) is 29.0 Å². The van der Waals surface area contributed by atoms with Crippen LogP contribution in [-0.4, -0.2) is 40.9 Å². The molecule has 0 spiro atoms. The summed E-state index contributed by atoms with van der Waals surface area (Å²) in [5.41, 5.74) is 5.11. The molecule has 9 nitrogen and oxygen atoms in total. The van der Waals surface area contributed by atoms with Gasteiger partial charge in [0.05, 0.1) is 36.0 Å². The van der Waals surface area contributed by atoms with Gasteiger partial charge in [-0.3, -0.25) is 29.9 Å². The van der Waals surface area contributed by atoms with Crippen molar-refractivity contribution in [3.8, 4) is 11.5 Å². The van der Waals surface area contributed by atoms with Crippen molar-refractivity contribution in [3.05, 3.63) is 101 Å². The van der Waals surface area contributed by atoms with Gasteiger partial charge in [0, 0.05) is 17.5 Å². The zero-order valence-electron chi connectivity index (χ0n) is 23.7. The third kappa shape index (κ3) is 3.84. The maximum atomic E-state index is 15.0. The Morgan fingerprint density at radius 1 is 0.953 bits per heavy atom. The lowest BCUT2D eigenvalue weighted by molar-refractivity contribution is -0.138. The number of fused-ring (bicyclic) bond motifs is 4. The van der Waals surface area contributed by atoms with Gasteiger partial charge in [0.2, 0.25) is 11.8 Å². The molecule has 0 radical (unpaired) electrons. The fourth-order valence-electron chi connectivity index (χ4n) is 7.90. The minimum atomic E-state index is -1.43.